The van der Waals surface area contributed by atoms with Gasteiger partial charge in [-0.15, -0.1) is 0 Å². The minimum absolute atomic E-state index is 0.170. The summed E-state index contributed by atoms with van der Waals surface area (Å²) in [5.41, 5.74) is 0. The molecular formula is C14H22O8. The Labute approximate surface area is 127 Å². The van der Waals surface area contributed by atoms with Gasteiger partial charge in [0.25, 0.3) is 0 Å². The highest BCUT2D eigenvalue weighted by atomic mass is 16.7. The van der Waals surface area contributed by atoms with Crippen LogP contribution in [0.1, 0.15) is 25.7 Å². The van der Waals surface area contributed by atoms with Gasteiger partial charge < -0.3 is 34.6 Å². The second-order valence-electron chi connectivity index (χ2n) is 6.26. The summed E-state index contributed by atoms with van der Waals surface area (Å²) in [5.74, 6) is 0.0330. The van der Waals surface area contributed by atoms with Crippen LogP contribution in [-0.4, -0.2) is 75.9 Å². The van der Waals surface area contributed by atoms with Gasteiger partial charge >= 0.3 is 5.97 Å². The molecule has 8 nitrogen and oxygen atoms in total. The van der Waals surface area contributed by atoms with E-state index >= 15 is 0 Å². The second kappa shape index (κ2) is 6.38. The number of esters is 1. The predicted octanol–water partition coefficient (Wildman–Crippen LogP) is -1.71. The number of aliphatic hydroxyl groups excluding tert-OH is 4. The van der Waals surface area contributed by atoms with Gasteiger partial charge in [-0.25, -0.2) is 0 Å². The molecule has 0 unspecified atom stereocenters. The molecule has 1 aliphatic carbocycles. The maximum Gasteiger partial charge on any atom is 0.306 e. The van der Waals surface area contributed by atoms with E-state index in [0.717, 1.165) is 6.42 Å². The molecular weight excluding hydrogens is 296 g/mol. The van der Waals surface area contributed by atoms with Gasteiger partial charge in [-0.1, -0.05) is 0 Å². The number of ether oxygens (including phenoxy) is 3. The van der Waals surface area contributed by atoms with Crippen LogP contribution in [0.4, 0.5) is 0 Å². The first-order chi connectivity index (χ1) is 10.5. The number of hydrogen-bond acceptors (Lipinski definition) is 8. The summed E-state index contributed by atoms with van der Waals surface area (Å²) in [4.78, 5) is 11.3. The summed E-state index contributed by atoms with van der Waals surface area (Å²) >= 11 is 0. The molecule has 22 heavy (non-hydrogen) atoms. The summed E-state index contributed by atoms with van der Waals surface area (Å²) in [6, 6.07) is 0. The molecule has 1 saturated carbocycles. The van der Waals surface area contributed by atoms with E-state index in [1.54, 1.807) is 0 Å². The number of rotatable bonds is 3. The van der Waals surface area contributed by atoms with E-state index in [4.69, 9.17) is 19.3 Å². The van der Waals surface area contributed by atoms with Crippen LogP contribution in [0.25, 0.3) is 0 Å². The Morgan fingerprint density at radius 1 is 1.14 bits per heavy atom. The third kappa shape index (κ3) is 2.99. The normalized spacial score (nSPS) is 48.8. The highest BCUT2D eigenvalue weighted by molar-refractivity contribution is 5.72. The largest absolute Gasteiger partial charge is 0.462 e. The van der Waals surface area contributed by atoms with Gasteiger partial charge in [-0.05, 0) is 12.8 Å². The Balaban J connectivity index is 1.59. The first-order valence-electron chi connectivity index (χ1n) is 7.65. The maximum absolute atomic E-state index is 11.3. The molecule has 4 N–H and O–H groups in total. The fourth-order valence-electron chi connectivity index (χ4n) is 3.46. The van der Waals surface area contributed by atoms with Crippen molar-refractivity contribution in [2.75, 3.05) is 6.61 Å². The number of hydrogen-bond donors (Lipinski definition) is 4. The monoisotopic (exact) mass is 318 g/mol. The zero-order valence-electron chi connectivity index (χ0n) is 12.1. The van der Waals surface area contributed by atoms with E-state index in [-0.39, 0.29) is 24.1 Å². The van der Waals surface area contributed by atoms with Gasteiger partial charge in [0.2, 0.25) is 0 Å². The first kappa shape index (κ1) is 16.1. The molecule has 0 aromatic heterocycles. The van der Waals surface area contributed by atoms with Crippen molar-refractivity contribution in [1.82, 2.24) is 0 Å². The van der Waals surface area contributed by atoms with Crippen molar-refractivity contribution < 1.29 is 39.4 Å². The lowest BCUT2D eigenvalue weighted by Gasteiger charge is -2.42. The van der Waals surface area contributed by atoms with Crippen molar-refractivity contribution in [2.45, 2.75) is 68.6 Å². The van der Waals surface area contributed by atoms with Gasteiger partial charge in [0, 0.05) is 12.3 Å². The molecule has 0 amide bonds. The molecule has 0 radical (unpaired) electrons. The molecule has 0 bridgehead atoms. The van der Waals surface area contributed by atoms with Crippen molar-refractivity contribution in [1.29, 1.82) is 0 Å². The van der Waals surface area contributed by atoms with Crippen LogP contribution >= 0.6 is 0 Å². The van der Waals surface area contributed by atoms with Crippen LogP contribution < -0.4 is 0 Å². The van der Waals surface area contributed by atoms with Crippen molar-refractivity contribution in [3.63, 3.8) is 0 Å². The molecule has 8 heteroatoms. The van der Waals surface area contributed by atoms with Crippen molar-refractivity contribution in [3.8, 4) is 0 Å². The van der Waals surface area contributed by atoms with Crippen molar-refractivity contribution >= 4 is 5.97 Å². The Morgan fingerprint density at radius 3 is 2.64 bits per heavy atom. The highest BCUT2D eigenvalue weighted by Gasteiger charge is 2.46. The van der Waals surface area contributed by atoms with E-state index in [0.29, 0.717) is 19.3 Å². The molecule has 2 saturated heterocycles. The third-order valence-electron chi connectivity index (χ3n) is 4.77. The molecule has 126 valence electrons. The minimum atomic E-state index is -1.45. The second-order valence-corrected chi connectivity index (χ2v) is 6.26. The molecule has 3 rings (SSSR count). The first-order valence-corrected chi connectivity index (χ1v) is 7.65. The van der Waals surface area contributed by atoms with E-state index in [1.165, 1.54) is 0 Å². The minimum Gasteiger partial charge on any atom is -0.462 e. The molecule has 2 aliphatic heterocycles. The van der Waals surface area contributed by atoms with Crippen LogP contribution in [-0.2, 0) is 19.0 Å². The van der Waals surface area contributed by atoms with E-state index in [1.807, 2.05) is 0 Å². The standard InChI is InChI=1S/C14H22O8/c15-5-9-11(17)12(18)13(19)14(22-9)20-7-2-1-6-3-10(16)21-8(6)4-7/h6-9,11-15,17-19H,1-5H2/t6-,7+,8-,9-,11-,12+,13-,14-/m1/s1. The third-order valence-corrected chi connectivity index (χ3v) is 4.77. The average Bonchev–Trinajstić information content (AvgIpc) is 2.87. The number of fused-ring (bicyclic) bond motifs is 1. The molecule has 8 atom stereocenters. The Bertz CT molecular complexity index is 414. The number of aliphatic hydroxyl groups is 4. The topological polar surface area (TPSA) is 126 Å². The fourth-order valence-corrected chi connectivity index (χ4v) is 3.46. The lowest BCUT2D eigenvalue weighted by atomic mass is 9.84. The summed E-state index contributed by atoms with van der Waals surface area (Å²) in [7, 11) is 0. The molecule has 2 heterocycles. The Morgan fingerprint density at radius 2 is 1.91 bits per heavy atom. The van der Waals surface area contributed by atoms with Gasteiger partial charge in [0.1, 0.15) is 30.5 Å². The molecule has 0 spiro atoms. The average molecular weight is 318 g/mol. The Hall–Kier alpha value is -0.770. The highest BCUT2D eigenvalue weighted by Crippen LogP contribution is 2.37. The van der Waals surface area contributed by atoms with Gasteiger partial charge in [-0.2, -0.15) is 0 Å². The van der Waals surface area contributed by atoms with E-state index in [2.05, 4.69) is 0 Å². The van der Waals surface area contributed by atoms with Crippen molar-refractivity contribution in [3.05, 3.63) is 0 Å². The number of carbonyl (C=O) groups excluding carboxylic acids is 1. The molecule has 0 aromatic carbocycles. The van der Waals surface area contributed by atoms with E-state index in [9.17, 15) is 20.1 Å². The summed E-state index contributed by atoms with van der Waals surface area (Å²) in [6.45, 7) is -0.488. The Kier molecular flexibility index (Phi) is 4.67. The summed E-state index contributed by atoms with van der Waals surface area (Å²) in [5, 5.41) is 38.6. The zero-order valence-corrected chi connectivity index (χ0v) is 12.1. The van der Waals surface area contributed by atoms with Crippen molar-refractivity contribution in [2.24, 2.45) is 5.92 Å². The summed E-state index contributed by atoms with van der Waals surface area (Å²) < 4.78 is 16.3. The van der Waals surface area contributed by atoms with Gasteiger partial charge in [-0.3, -0.25) is 4.79 Å². The van der Waals surface area contributed by atoms with E-state index < -0.39 is 37.3 Å². The number of carbonyl (C=O) groups is 1. The van der Waals surface area contributed by atoms with Crippen LogP contribution in [0.15, 0.2) is 0 Å². The van der Waals surface area contributed by atoms with Gasteiger partial charge in [0.15, 0.2) is 6.29 Å². The lowest BCUT2D eigenvalue weighted by Crippen LogP contribution is -2.59. The smallest absolute Gasteiger partial charge is 0.306 e. The van der Waals surface area contributed by atoms with Crippen LogP contribution in [0.5, 0.6) is 0 Å². The maximum atomic E-state index is 11.3. The predicted molar refractivity (Wildman–Crippen MR) is 70.5 cm³/mol. The van der Waals surface area contributed by atoms with Crippen LogP contribution in [0.2, 0.25) is 0 Å². The van der Waals surface area contributed by atoms with Crippen LogP contribution in [0.3, 0.4) is 0 Å². The van der Waals surface area contributed by atoms with Crippen LogP contribution in [0, 0.1) is 5.92 Å². The lowest BCUT2D eigenvalue weighted by molar-refractivity contribution is -0.314. The molecule has 3 aliphatic rings. The fraction of sp³-hybridized carbons (Fsp3) is 0.929. The van der Waals surface area contributed by atoms with Gasteiger partial charge in [0.05, 0.1) is 19.1 Å². The zero-order chi connectivity index (χ0) is 15.9. The molecule has 0 aromatic rings. The molecule has 3 fully saturated rings. The SMILES string of the molecule is O=C1C[C@H]2CC[C@H](O[C@@H]3O[C@H](CO)[C@@H](O)[C@H](O)[C@H]3O)C[C@H]2O1. The quantitative estimate of drug-likeness (QED) is 0.453. The summed E-state index contributed by atoms with van der Waals surface area (Å²) in [6.07, 6.45) is -4.35.